The lowest BCUT2D eigenvalue weighted by molar-refractivity contribution is 0.190. The average Bonchev–Trinajstić information content (AvgIpc) is 3.26. The molecule has 0 amide bonds. The summed E-state index contributed by atoms with van der Waals surface area (Å²) in [4.78, 5) is 2.32. The normalized spacial score (nSPS) is 21.3. The predicted molar refractivity (Wildman–Crippen MR) is 75.4 cm³/mol. The third-order valence-electron chi connectivity index (χ3n) is 4.37. The van der Waals surface area contributed by atoms with E-state index >= 15 is 0 Å². The molecule has 2 nitrogen and oxygen atoms in total. The van der Waals surface area contributed by atoms with Crippen molar-refractivity contribution in [3.8, 4) is 0 Å². The first-order valence-electron chi connectivity index (χ1n) is 7.60. The lowest BCUT2D eigenvalue weighted by Crippen LogP contribution is -2.42. The van der Waals surface area contributed by atoms with Crippen LogP contribution in [0.2, 0.25) is 0 Å². The van der Waals surface area contributed by atoms with Crippen molar-refractivity contribution in [3.63, 3.8) is 0 Å². The van der Waals surface area contributed by atoms with E-state index in [2.05, 4.69) is 10.2 Å². The second kappa shape index (κ2) is 6.19. The number of nitrogens with one attached hydrogen (secondary N) is 1. The highest BCUT2D eigenvalue weighted by Gasteiger charge is 2.24. The molecule has 0 bridgehead atoms. The van der Waals surface area contributed by atoms with Crippen molar-refractivity contribution in [2.45, 2.75) is 38.3 Å². The van der Waals surface area contributed by atoms with Crippen LogP contribution in [0.15, 0.2) is 18.2 Å². The third-order valence-corrected chi connectivity index (χ3v) is 4.37. The number of likely N-dealkylation sites (tertiary alicyclic amines) is 1. The molecule has 1 heterocycles. The van der Waals surface area contributed by atoms with Crippen molar-refractivity contribution < 1.29 is 8.78 Å². The second-order valence-electron chi connectivity index (χ2n) is 6.15. The number of hydrogen-bond acceptors (Lipinski definition) is 2. The zero-order chi connectivity index (χ0) is 13.9. The van der Waals surface area contributed by atoms with Crippen molar-refractivity contribution in [2.75, 3.05) is 19.6 Å². The Labute approximate surface area is 119 Å². The van der Waals surface area contributed by atoms with Crippen molar-refractivity contribution in [2.24, 2.45) is 5.92 Å². The van der Waals surface area contributed by atoms with E-state index in [1.165, 1.54) is 31.5 Å². The van der Waals surface area contributed by atoms with Gasteiger partial charge in [-0.1, -0.05) is 6.07 Å². The Balaban J connectivity index is 1.44. The fraction of sp³-hybridized carbons (Fsp3) is 0.625. The van der Waals surface area contributed by atoms with Gasteiger partial charge in [-0.3, -0.25) is 4.90 Å². The molecule has 0 aromatic heterocycles. The second-order valence-corrected chi connectivity index (χ2v) is 6.15. The Kier molecular flexibility index (Phi) is 4.32. The molecule has 0 unspecified atom stereocenters. The summed E-state index contributed by atoms with van der Waals surface area (Å²) in [5.41, 5.74) is 0.855. The van der Waals surface area contributed by atoms with Gasteiger partial charge in [0.1, 0.15) is 0 Å². The van der Waals surface area contributed by atoms with Gasteiger partial charge >= 0.3 is 0 Å². The maximum Gasteiger partial charge on any atom is 0.159 e. The first-order valence-corrected chi connectivity index (χ1v) is 7.60. The Morgan fingerprint density at radius 1 is 1.05 bits per heavy atom. The molecule has 4 heteroatoms. The number of piperidine rings is 1. The average molecular weight is 280 g/mol. The van der Waals surface area contributed by atoms with Crippen molar-refractivity contribution in [1.82, 2.24) is 10.2 Å². The topological polar surface area (TPSA) is 15.3 Å². The van der Waals surface area contributed by atoms with Crippen molar-refractivity contribution in [1.29, 1.82) is 0 Å². The van der Waals surface area contributed by atoms with Crippen LogP contribution in [0.5, 0.6) is 0 Å². The third kappa shape index (κ3) is 3.76. The molecule has 0 radical (unpaired) electrons. The molecule has 110 valence electrons. The summed E-state index contributed by atoms with van der Waals surface area (Å²) >= 11 is 0. The number of hydrogen-bond donors (Lipinski definition) is 1. The van der Waals surface area contributed by atoms with Crippen LogP contribution in [0.25, 0.3) is 0 Å². The molecule has 1 saturated carbocycles. The number of benzene rings is 1. The quantitative estimate of drug-likeness (QED) is 0.892. The highest BCUT2D eigenvalue weighted by molar-refractivity contribution is 5.17. The summed E-state index contributed by atoms with van der Waals surface area (Å²) in [6, 6.07) is 4.84. The van der Waals surface area contributed by atoms with Gasteiger partial charge in [-0.2, -0.15) is 0 Å². The fourth-order valence-electron chi connectivity index (χ4n) is 2.85. The highest BCUT2D eigenvalue weighted by Crippen LogP contribution is 2.28. The SMILES string of the molecule is Fc1ccc(CN2CCC(NCC3CC3)CC2)cc1F. The molecule has 1 aliphatic heterocycles. The monoisotopic (exact) mass is 280 g/mol. The van der Waals surface area contributed by atoms with Gasteiger partial charge < -0.3 is 5.32 Å². The van der Waals surface area contributed by atoms with Crippen molar-refractivity contribution in [3.05, 3.63) is 35.4 Å². The molecule has 2 fully saturated rings. The van der Waals surface area contributed by atoms with Gasteiger partial charge in [0.15, 0.2) is 11.6 Å². The lowest BCUT2D eigenvalue weighted by atomic mass is 10.0. The molecular formula is C16H22F2N2. The molecule has 20 heavy (non-hydrogen) atoms. The summed E-state index contributed by atoms with van der Waals surface area (Å²) in [7, 11) is 0. The standard InChI is InChI=1S/C16H22F2N2/c17-15-4-3-13(9-16(15)18)11-20-7-5-14(6-8-20)19-10-12-1-2-12/h3-4,9,12,14,19H,1-2,5-8,10-11H2. The lowest BCUT2D eigenvalue weighted by Gasteiger charge is -2.32. The van der Waals surface area contributed by atoms with E-state index in [0.29, 0.717) is 12.6 Å². The minimum atomic E-state index is -0.767. The van der Waals surface area contributed by atoms with E-state index < -0.39 is 11.6 Å². The fourth-order valence-corrected chi connectivity index (χ4v) is 2.85. The Hall–Kier alpha value is -1.00. The van der Waals surface area contributed by atoms with Crippen LogP contribution >= 0.6 is 0 Å². The van der Waals surface area contributed by atoms with E-state index in [-0.39, 0.29) is 0 Å². The van der Waals surface area contributed by atoms with Crippen LogP contribution in [-0.2, 0) is 6.54 Å². The van der Waals surface area contributed by atoms with Crippen LogP contribution in [-0.4, -0.2) is 30.6 Å². The first-order chi connectivity index (χ1) is 9.70. The van der Waals surface area contributed by atoms with Gasteiger partial charge in [-0.25, -0.2) is 8.78 Å². The van der Waals surface area contributed by atoms with Gasteiger partial charge in [0.05, 0.1) is 0 Å². The maximum absolute atomic E-state index is 13.2. The van der Waals surface area contributed by atoms with Crippen LogP contribution in [0, 0.1) is 17.6 Å². The Morgan fingerprint density at radius 3 is 2.45 bits per heavy atom. The Morgan fingerprint density at radius 2 is 1.80 bits per heavy atom. The minimum absolute atomic E-state index is 0.636. The van der Waals surface area contributed by atoms with E-state index in [4.69, 9.17) is 0 Å². The summed E-state index contributed by atoms with van der Waals surface area (Å²) in [6.07, 6.45) is 5.08. The van der Waals surface area contributed by atoms with E-state index in [0.717, 1.165) is 37.4 Å². The van der Waals surface area contributed by atoms with E-state index in [1.807, 2.05) is 0 Å². The van der Waals surface area contributed by atoms with Crippen LogP contribution < -0.4 is 5.32 Å². The summed E-state index contributed by atoms with van der Waals surface area (Å²) in [5, 5.41) is 3.65. The Bertz CT molecular complexity index is 452. The molecule has 0 atom stereocenters. The molecule has 2 aliphatic rings. The van der Waals surface area contributed by atoms with Gasteiger partial charge in [-0.05, 0) is 68.9 Å². The molecule has 1 aromatic carbocycles. The zero-order valence-electron chi connectivity index (χ0n) is 11.7. The van der Waals surface area contributed by atoms with Crippen molar-refractivity contribution >= 4 is 0 Å². The highest BCUT2D eigenvalue weighted by atomic mass is 19.2. The molecule has 1 N–H and O–H groups in total. The van der Waals surface area contributed by atoms with Gasteiger partial charge in [0.25, 0.3) is 0 Å². The summed E-state index contributed by atoms with van der Waals surface area (Å²) in [6.45, 7) is 3.95. The summed E-state index contributed by atoms with van der Waals surface area (Å²) in [5.74, 6) is -0.588. The molecule has 1 aromatic rings. The van der Waals surface area contributed by atoms with E-state index in [1.54, 1.807) is 6.07 Å². The molecule has 0 spiro atoms. The van der Waals surface area contributed by atoms with Crippen LogP contribution in [0.1, 0.15) is 31.2 Å². The smallest absolute Gasteiger partial charge is 0.159 e. The molecule has 1 aliphatic carbocycles. The number of nitrogens with zero attached hydrogens (tertiary/aromatic N) is 1. The summed E-state index contributed by atoms with van der Waals surface area (Å²) < 4.78 is 26.1. The number of halogens is 2. The van der Waals surface area contributed by atoms with Crippen LogP contribution in [0.4, 0.5) is 8.78 Å². The predicted octanol–water partition coefficient (Wildman–Crippen LogP) is 2.93. The van der Waals surface area contributed by atoms with Crippen LogP contribution in [0.3, 0.4) is 0 Å². The van der Waals surface area contributed by atoms with Gasteiger partial charge in [-0.15, -0.1) is 0 Å². The zero-order valence-corrected chi connectivity index (χ0v) is 11.7. The molecule has 1 saturated heterocycles. The van der Waals surface area contributed by atoms with E-state index in [9.17, 15) is 8.78 Å². The molecular weight excluding hydrogens is 258 g/mol. The molecule has 3 rings (SSSR count). The van der Waals surface area contributed by atoms with Gasteiger partial charge in [0, 0.05) is 12.6 Å². The minimum Gasteiger partial charge on any atom is -0.314 e. The first kappa shape index (κ1) is 14.0. The number of rotatable bonds is 5. The maximum atomic E-state index is 13.2. The largest absolute Gasteiger partial charge is 0.314 e. The van der Waals surface area contributed by atoms with Gasteiger partial charge in [0.2, 0.25) is 0 Å².